The second kappa shape index (κ2) is 4.89. The van der Waals surface area contributed by atoms with Crippen molar-refractivity contribution < 1.29 is 0 Å². The molecule has 0 radical (unpaired) electrons. The Morgan fingerprint density at radius 1 is 1.24 bits per heavy atom. The van der Waals surface area contributed by atoms with Gasteiger partial charge in [-0.3, -0.25) is 9.97 Å². The van der Waals surface area contributed by atoms with Gasteiger partial charge in [-0.1, -0.05) is 13.8 Å². The molecule has 90 valence electrons. The van der Waals surface area contributed by atoms with E-state index in [9.17, 15) is 0 Å². The first-order chi connectivity index (χ1) is 8.19. The minimum absolute atomic E-state index is 0.314. The lowest BCUT2D eigenvalue weighted by molar-refractivity contribution is 0.411. The van der Waals surface area contributed by atoms with Crippen LogP contribution in [0.1, 0.15) is 31.7 Å². The van der Waals surface area contributed by atoms with Crippen LogP contribution in [0.25, 0.3) is 11.4 Å². The van der Waals surface area contributed by atoms with E-state index in [1.165, 1.54) is 0 Å². The van der Waals surface area contributed by atoms with Gasteiger partial charge in [0.2, 0.25) is 0 Å². The lowest BCUT2D eigenvalue weighted by Crippen LogP contribution is -2.34. The Hall–Kier alpha value is -1.33. The summed E-state index contributed by atoms with van der Waals surface area (Å²) in [5.41, 5.74) is 7.66. The van der Waals surface area contributed by atoms with Crippen molar-refractivity contribution in [2.75, 3.05) is 0 Å². The first kappa shape index (κ1) is 12.1. The Kier molecular flexibility index (Phi) is 3.49. The molecule has 0 unspecified atom stereocenters. The molecule has 2 aromatic heterocycles. The number of aromatic nitrogens is 3. The molecule has 2 aromatic rings. The summed E-state index contributed by atoms with van der Waals surface area (Å²) in [5, 5.41) is 2.97. The zero-order valence-corrected chi connectivity index (χ0v) is 10.9. The van der Waals surface area contributed by atoms with E-state index in [-0.39, 0.29) is 5.54 Å². The smallest absolute Gasteiger partial charge is 0.113 e. The van der Waals surface area contributed by atoms with E-state index in [1.807, 2.05) is 5.38 Å². The molecule has 0 aliphatic rings. The van der Waals surface area contributed by atoms with Crippen LogP contribution in [0.4, 0.5) is 0 Å². The molecule has 0 saturated heterocycles. The number of nitrogens with zero attached hydrogens (tertiary/aromatic N) is 3. The van der Waals surface area contributed by atoms with Crippen LogP contribution in [0.2, 0.25) is 0 Å². The number of nitrogens with two attached hydrogens (primary N) is 1. The maximum Gasteiger partial charge on any atom is 0.113 e. The highest BCUT2D eigenvalue weighted by molar-refractivity contribution is 7.10. The highest BCUT2D eigenvalue weighted by atomic mass is 32.1. The second-order valence-corrected chi connectivity index (χ2v) is 4.85. The van der Waals surface area contributed by atoms with Gasteiger partial charge in [0.1, 0.15) is 16.4 Å². The molecule has 2 rings (SSSR count). The maximum absolute atomic E-state index is 6.32. The Balaban J connectivity index is 2.34. The number of thiazole rings is 1. The molecule has 17 heavy (non-hydrogen) atoms. The standard InChI is InChI=1S/C12H16N4S/c1-3-12(13,4-2)11-16-10(8-17-11)9-7-14-5-6-15-9/h5-8H,3-4,13H2,1-2H3. The summed E-state index contributed by atoms with van der Waals surface area (Å²) in [4.78, 5) is 12.9. The molecule has 0 aromatic carbocycles. The fourth-order valence-electron chi connectivity index (χ4n) is 1.60. The monoisotopic (exact) mass is 248 g/mol. The fraction of sp³-hybridized carbons (Fsp3) is 0.417. The van der Waals surface area contributed by atoms with Crippen LogP contribution in [0, 0.1) is 0 Å². The summed E-state index contributed by atoms with van der Waals surface area (Å²) in [5.74, 6) is 0. The first-order valence-electron chi connectivity index (χ1n) is 5.71. The highest BCUT2D eigenvalue weighted by Crippen LogP contribution is 2.30. The molecular formula is C12H16N4S. The van der Waals surface area contributed by atoms with Gasteiger partial charge in [0.15, 0.2) is 0 Å². The number of hydrogen-bond donors (Lipinski definition) is 1. The third-order valence-corrected chi connectivity index (χ3v) is 4.08. The van der Waals surface area contributed by atoms with Gasteiger partial charge in [-0.15, -0.1) is 11.3 Å². The van der Waals surface area contributed by atoms with Gasteiger partial charge >= 0.3 is 0 Å². The Morgan fingerprint density at radius 2 is 2.00 bits per heavy atom. The zero-order valence-electron chi connectivity index (χ0n) is 10.1. The van der Waals surface area contributed by atoms with E-state index >= 15 is 0 Å². The lowest BCUT2D eigenvalue weighted by Gasteiger charge is -2.23. The largest absolute Gasteiger partial charge is 0.319 e. The molecule has 0 atom stereocenters. The van der Waals surface area contributed by atoms with E-state index in [1.54, 1.807) is 29.9 Å². The van der Waals surface area contributed by atoms with Crippen LogP contribution in [-0.2, 0) is 5.54 Å². The van der Waals surface area contributed by atoms with Crippen LogP contribution in [0.3, 0.4) is 0 Å². The van der Waals surface area contributed by atoms with E-state index in [0.29, 0.717) is 0 Å². The summed E-state index contributed by atoms with van der Waals surface area (Å²) in [6.45, 7) is 4.18. The molecular weight excluding hydrogens is 232 g/mol. The number of rotatable bonds is 4. The van der Waals surface area contributed by atoms with Crippen molar-refractivity contribution in [3.05, 3.63) is 29.0 Å². The minimum atomic E-state index is -0.314. The summed E-state index contributed by atoms with van der Waals surface area (Å²) < 4.78 is 0. The minimum Gasteiger partial charge on any atom is -0.319 e. The second-order valence-electron chi connectivity index (χ2n) is 3.99. The van der Waals surface area contributed by atoms with Crippen LogP contribution in [0.5, 0.6) is 0 Å². The predicted octanol–water partition coefficient (Wildman–Crippen LogP) is 2.57. The van der Waals surface area contributed by atoms with Gasteiger partial charge in [-0.05, 0) is 12.8 Å². The van der Waals surface area contributed by atoms with Crippen LogP contribution < -0.4 is 5.73 Å². The van der Waals surface area contributed by atoms with Crippen molar-refractivity contribution in [2.24, 2.45) is 5.73 Å². The van der Waals surface area contributed by atoms with Gasteiger partial charge in [-0.25, -0.2) is 4.98 Å². The van der Waals surface area contributed by atoms with E-state index < -0.39 is 0 Å². The molecule has 4 nitrogen and oxygen atoms in total. The van der Waals surface area contributed by atoms with Crippen molar-refractivity contribution >= 4 is 11.3 Å². The van der Waals surface area contributed by atoms with Crippen LogP contribution >= 0.6 is 11.3 Å². The summed E-state index contributed by atoms with van der Waals surface area (Å²) in [6, 6.07) is 0. The quantitative estimate of drug-likeness (QED) is 0.903. The zero-order chi connectivity index (χ0) is 12.3. The SMILES string of the molecule is CCC(N)(CC)c1nc(-c2cnccn2)cs1. The van der Waals surface area contributed by atoms with E-state index in [4.69, 9.17) is 5.73 Å². The Morgan fingerprint density at radius 3 is 2.59 bits per heavy atom. The van der Waals surface area contributed by atoms with Crippen molar-refractivity contribution in [2.45, 2.75) is 32.2 Å². The predicted molar refractivity (Wildman–Crippen MR) is 69.6 cm³/mol. The maximum atomic E-state index is 6.32. The van der Waals surface area contributed by atoms with Crippen molar-refractivity contribution in [1.82, 2.24) is 15.0 Å². The molecule has 0 saturated carbocycles. The first-order valence-corrected chi connectivity index (χ1v) is 6.59. The molecule has 0 aliphatic heterocycles. The van der Waals surface area contributed by atoms with Gasteiger partial charge in [0.25, 0.3) is 0 Å². The molecule has 0 spiro atoms. The molecule has 0 fully saturated rings. The average Bonchev–Trinajstić information content (AvgIpc) is 2.89. The molecule has 5 heteroatoms. The molecule has 0 amide bonds. The van der Waals surface area contributed by atoms with Crippen LogP contribution in [0.15, 0.2) is 24.0 Å². The summed E-state index contributed by atoms with van der Waals surface area (Å²) in [6.07, 6.45) is 6.81. The number of hydrogen-bond acceptors (Lipinski definition) is 5. The van der Waals surface area contributed by atoms with Gasteiger partial charge < -0.3 is 5.73 Å². The fourth-order valence-corrected chi connectivity index (χ4v) is 2.68. The molecule has 2 N–H and O–H groups in total. The van der Waals surface area contributed by atoms with Gasteiger partial charge in [-0.2, -0.15) is 0 Å². The van der Waals surface area contributed by atoms with Crippen molar-refractivity contribution in [1.29, 1.82) is 0 Å². The lowest BCUT2D eigenvalue weighted by atomic mass is 9.95. The normalized spacial score (nSPS) is 11.7. The Labute approximate surface area is 105 Å². The van der Waals surface area contributed by atoms with Crippen molar-refractivity contribution in [3.8, 4) is 11.4 Å². The topological polar surface area (TPSA) is 64.7 Å². The molecule has 0 aliphatic carbocycles. The third kappa shape index (κ3) is 2.35. The van der Waals surface area contributed by atoms with E-state index in [0.717, 1.165) is 29.2 Å². The summed E-state index contributed by atoms with van der Waals surface area (Å²) in [7, 11) is 0. The van der Waals surface area contributed by atoms with Crippen LogP contribution in [-0.4, -0.2) is 15.0 Å². The third-order valence-electron chi connectivity index (χ3n) is 3.02. The van der Waals surface area contributed by atoms with Crippen molar-refractivity contribution in [3.63, 3.8) is 0 Å². The average molecular weight is 248 g/mol. The molecule has 0 bridgehead atoms. The van der Waals surface area contributed by atoms with Gasteiger partial charge in [0.05, 0.1) is 11.7 Å². The van der Waals surface area contributed by atoms with Gasteiger partial charge in [0, 0.05) is 17.8 Å². The highest BCUT2D eigenvalue weighted by Gasteiger charge is 2.26. The van der Waals surface area contributed by atoms with E-state index in [2.05, 4.69) is 28.8 Å². The molecule has 2 heterocycles. The Bertz CT molecular complexity index is 476. The summed E-state index contributed by atoms with van der Waals surface area (Å²) >= 11 is 1.60.